The minimum atomic E-state index is -0.640. The molecule has 1 saturated carbocycles. The number of methoxy groups -OCH3 is 1. The fourth-order valence-corrected chi connectivity index (χ4v) is 2.19. The van der Waals surface area contributed by atoms with Crippen LogP contribution in [0.1, 0.15) is 52.4 Å². The molecule has 1 N–H and O–H groups in total. The van der Waals surface area contributed by atoms with E-state index in [1.165, 1.54) is 0 Å². The second kappa shape index (κ2) is 5.50. The van der Waals surface area contributed by atoms with Gasteiger partial charge in [0, 0.05) is 7.11 Å². The highest BCUT2D eigenvalue weighted by Crippen LogP contribution is 2.28. The molecule has 0 unspecified atom stereocenters. The number of carbonyl (C=O) groups excluding carboxylic acids is 1. The molecular weight excluding hydrogens is 216 g/mol. The van der Waals surface area contributed by atoms with Gasteiger partial charge in [-0.25, -0.2) is 0 Å². The maximum Gasteiger partial charge on any atom is 0.224 e. The Morgan fingerprint density at radius 1 is 1.41 bits per heavy atom. The van der Waals surface area contributed by atoms with Crippen LogP contribution >= 0.6 is 0 Å². The largest absolute Gasteiger partial charge is 0.378 e. The van der Waals surface area contributed by atoms with Crippen LogP contribution in [0.2, 0.25) is 0 Å². The van der Waals surface area contributed by atoms with Gasteiger partial charge in [0.1, 0.15) is 5.54 Å². The van der Waals surface area contributed by atoms with Crippen molar-refractivity contribution in [2.75, 3.05) is 7.11 Å². The number of hydrogen-bond acceptors (Lipinski definition) is 3. The molecule has 1 rings (SSSR count). The second-order valence-electron chi connectivity index (χ2n) is 5.44. The fraction of sp³-hybridized carbons (Fsp3) is 0.846. The van der Waals surface area contributed by atoms with E-state index in [4.69, 9.17) is 4.74 Å². The Balaban J connectivity index is 2.57. The summed E-state index contributed by atoms with van der Waals surface area (Å²) < 4.78 is 5.22. The fourth-order valence-electron chi connectivity index (χ4n) is 2.19. The van der Waals surface area contributed by atoms with Crippen molar-refractivity contribution in [3.8, 4) is 6.07 Å². The smallest absolute Gasteiger partial charge is 0.224 e. The normalized spacial score (nSPS) is 19.4. The molecule has 1 aliphatic carbocycles. The average molecular weight is 238 g/mol. The molecule has 17 heavy (non-hydrogen) atoms. The highest BCUT2D eigenvalue weighted by Gasteiger charge is 2.34. The molecule has 0 atom stereocenters. The number of ether oxygens (including phenoxy) is 1. The minimum absolute atomic E-state index is 0.0969. The predicted molar refractivity (Wildman–Crippen MR) is 65.3 cm³/mol. The molecule has 96 valence electrons. The highest BCUT2D eigenvalue weighted by atomic mass is 16.5. The zero-order chi connectivity index (χ0) is 12.9. The van der Waals surface area contributed by atoms with Crippen molar-refractivity contribution >= 4 is 5.91 Å². The standard InChI is InChI=1S/C13H22N2O2/c1-12(2,17-3)9-11(16)15-13(10-14)7-5-4-6-8-13/h4-9H2,1-3H3,(H,15,16). The molecule has 0 saturated heterocycles. The first-order valence-corrected chi connectivity index (χ1v) is 6.20. The van der Waals surface area contributed by atoms with Gasteiger partial charge in [0.25, 0.3) is 0 Å². The lowest BCUT2D eigenvalue weighted by atomic mass is 9.82. The summed E-state index contributed by atoms with van der Waals surface area (Å²) in [5, 5.41) is 12.1. The Morgan fingerprint density at radius 3 is 2.47 bits per heavy atom. The molecular formula is C13H22N2O2. The van der Waals surface area contributed by atoms with Crippen molar-refractivity contribution < 1.29 is 9.53 Å². The van der Waals surface area contributed by atoms with E-state index >= 15 is 0 Å². The van der Waals surface area contributed by atoms with Crippen molar-refractivity contribution in [3.05, 3.63) is 0 Å². The van der Waals surface area contributed by atoms with Gasteiger partial charge in [0.05, 0.1) is 18.1 Å². The van der Waals surface area contributed by atoms with Crippen LogP contribution in [0.15, 0.2) is 0 Å². The number of amides is 1. The lowest BCUT2D eigenvalue weighted by Gasteiger charge is -2.33. The van der Waals surface area contributed by atoms with E-state index in [0.717, 1.165) is 32.1 Å². The van der Waals surface area contributed by atoms with Crippen LogP contribution in [0, 0.1) is 11.3 Å². The summed E-state index contributed by atoms with van der Waals surface area (Å²) >= 11 is 0. The van der Waals surface area contributed by atoms with Crippen molar-refractivity contribution in [2.24, 2.45) is 0 Å². The summed E-state index contributed by atoms with van der Waals surface area (Å²) in [5.41, 5.74) is -1.12. The van der Waals surface area contributed by atoms with Gasteiger partial charge in [0.2, 0.25) is 5.91 Å². The Hall–Kier alpha value is -1.08. The zero-order valence-electron chi connectivity index (χ0n) is 11.0. The molecule has 0 heterocycles. The van der Waals surface area contributed by atoms with Crippen molar-refractivity contribution in [3.63, 3.8) is 0 Å². The first-order chi connectivity index (χ1) is 7.93. The highest BCUT2D eigenvalue weighted by molar-refractivity contribution is 5.78. The van der Waals surface area contributed by atoms with Crippen molar-refractivity contribution in [1.29, 1.82) is 5.26 Å². The summed E-state index contributed by atoms with van der Waals surface area (Å²) in [7, 11) is 1.59. The maximum atomic E-state index is 11.9. The van der Waals surface area contributed by atoms with Gasteiger partial charge < -0.3 is 10.1 Å². The number of hydrogen-bond donors (Lipinski definition) is 1. The van der Waals surface area contributed by atoms with Gasteiger partial charge in [-0.3, -0.25) is 4.79 Å². The second-order valence-corrected chi connectivity index (χ2v) is 5.44. The van der Waals surface area contributed by atoms with Gasteiger partial charge in [-0.15, -0.1) is 0 Å². The summed E-state index contributed by atoms with van der Waals surface area (Å²) in [5.74, 6) is -0.0969. The first kappa shape index (κ1) is 14.0. The molecule has 0 bridgehead atoms. The third-order valence-electron chi connectivity index (χ3n) is 3.44. The maximum absolute atomic E-state index is 11.9. The number of nitriles is 1. The van der Waals surface area contributed by atoms with Crippen molar-refractivity contribution in [2.45, 2.75) is 63.5 Å². The van der Waals surface area contributed by atoms with E-state index in [-0.39, 0.29) is 12.3 Å². The van der Waals surface area contributed by atoms with Crippen molar-refractivity contribution in [1.82, 2.24) is 5.32 Å². The Bertz CT molecular complexity index is 312. The number of nitrogens with one attached hydrogen (secondary N) is 1. The van der Waals surface area contributed by atoms with E-state index in [2.05, 4.69) is 11.4 Å². The molecule has 1 amide bonds. The molecule has 0 aromatic carbocycles. The number of rotatable bonds is 4. The Morgan fingerprint density at radius 2 is 2.00 bits per heavy atom. The van der Waals surface area contributed by atoms with Gasteiger partial charge in [-0.2, -0.15) is 5.26 Å². The quantitative estimate of drug-likeness (QED) is 0.816. The number of nitrogens with zero attached hydrogens (tertiary/aromatic N) is 1. The monoisotopic (exact) mass is 238 g/mol. The zero-order valence-corrected chi connectivity index (χ0v) is 11.0. The SMILES string of the molecule is COC(C)(C)CC(=O)NC1(C#N)CCCCC1. The third kappa shape index (κ3) is 4.01. The van der Waals surface area contributed by atoms with Crippen LogP contribution in [-0.4, -0.2) is 24.2 Å². The van der Waals surface area contributed by atoms with E-state index in [1.54, 1.807) is 7.11 Å². The summed E-state index contributed by atoms with van der Waals surface area (Å²) in [4.78, 5) is 11.9. The van der Waals surface area contributed by atoms with Crippen LogP contribution in [-0.2, 0) is 9.53 Å². The van der Waals surface area contributed by atoms with E-state index in [0.29, 0.717) is 0 Å². The Labute approximate surface area is 103 Å². The van der Waals surface area contributed by atoms with E-state index in [9.17, 15) is 10.1 Å². The topological polar surface area (TPSA) is 62.1 Å². The van der Waals surface area contributed by atoms with Gasteiger partial charge in [-0.05, 0) is 26.7 Å². The summed E-state index contributed by atoms with van der Waals surface area (Å²) in [6.07, 6.45) is 5.00. The Kier molecular flexibility index (Phi) is 4.53. The van der Waals surface area contributed by atoms with Gasteiger partial charge in [-0.1, -0.05) is 19.3 Å². The molecule has 4 nitrogen and oxygen atoms in total. The summed E-state index contributed by atoms with van der Waals surface area (Å²) in [6.45, 7) is 3.74. The van der Waals surface area contributed by atoms with Crippen LogP contribution in [0.3, 0.4) is 0 Å². The van der Waals surface area contributed by atoms with Gasteiger partial charge in [0.15, 0.2) is 0 Å². The predicted octanol–water partition coefficient (Wildman–Crippen LogP) is 2.14. The molecule has 0 aliphatic heterocycles. The lowest BCUT2D eigenvalue weighted by molar-refractivity contribution is -0.127. The van der Waals surface area contributed by atoms with Crippen LogP contribution in [0.4, 0.5) is 0 Å². The number of carbonyl (C=O) groups is 1. The van der Waals surface area contributed by atoms with E-state index in [1.807, 2.05) is 13.8 Å². The molecule has 0 radical (unpaired) electrons. The third-order valence-corrected chi connectivity index (χ3v) is 3.44. The molecule has 4 heteroatoms. The van der Waals surface area contributed by atoms with Crippen LogP contribution < -0.4 is 5.32 Å². The molecule has 0 aromatic rings. The molecule has 1 aliphatic rings. The summed E-state index contributed by atoms with van der Waals surface area (Å²) in [6, 6.07) is 2.28. The van der Waals surface area contributed by atoms with Gasteiger partial charge >= 0.3 is 0 Å². The molecule has 0 aromatic heterocycles. The van der Waals surface area contributed by atoms with Crippen LogP contribution in [0.5, 0.6) is 0 Å². The minimum Gasteiger partial charge on any atom is -0.378 e. The van der Waals surface area contributed by atoms with E-state index < -0.39 is 11.1 Å². The molecule has 1 fully saturated rings. The average Bonchev–Trinajstić information content (AvgIpc) is 2.29. The lowest BCUT2D eigenvalue weighted by Crippen LogP contribution is -2.50. The molecule has 0 spiro atoms. The first-order valence-electron chi connectivity index (χ1n) is 6.20. The van der Waals surface area contributed by atoms with Crippen LogP contribution in [0.25, 0.3) is 0 Å².